The number of ether oxygens (including phenoxy) is 2. The minimum atomic E-state index is 0.297. The molecule has 0 atom stereocenters. The van der Waals surface area contributed by atoms with Gasteiger partial charge in [-0.2, -0.15) is 10.2 Å². The molecular weight excluding hydrogens is 266 g/mol. The Kier molecular flexibility index (Phi) is 2.81. The van der Waals surface area contributed by atoms with E-state index in [1.165, 1.54) is 0 Å². The molecule has 0 saturated heterocycles. The van der Waals surface area contributed by atoms with Crippen LogP contribution in [0.1, 0.15) is 5.56 Å². The summed E-state index contributed by atoms with van der Waals surface area (Å²) < 4.78 is 10.7. The quantitative estimate of drug-likeness (QED) is 0.798. The van der Waals surface area contributed by atoms with Gasteiger partial charge in [-0.1, -0.05) is 24.3 Å². The molecule has 4 rings (SSSR count). The normalized spacial score (nSPS) is 12.6. The molecule has 3 aromatic rings. The number of aromatic nitrogens is 2. The highest BCUT2D eigenvalue weighted by atomic mass is 16.7. The lowest BCUT2D eigenvalue weighted by Gasteiger charge is -2.09. The number of benzene rings is 2. The minimum Gasteiger partial charge on any atom is -0.454 e. The van der Waals surface area contributed by atoms with Gasteiger partial charge in [0.2, 0.25) is 6.79 Å². The van der Waals surface area contributed by atoms with E-state index in [9.17, 15) is 0 Å². The molecule has 5 nitrogen and oxygen atoms in total. The van der Waals surface area contributed by atoms with Gasteiger partial charge in [0.1, 0.15) is 0 Å². The second kappa shape index (κ2) is 4.94. The molecule has 21 heavy (non-hydrogen) atoms. The van der Waals surface area contributed by atoms with Crippen LogP contribution in [-0.2, 0) is 6.54 Å². The predicted molar refractivity (Wildman–Crippen MR) is 79.4 cm³/mol. The number of anilines is 1. The van der Waals surface area contributed by atoms with Gasteiger partial charge in [-0.05, 0) is 23.8 Å². The zero-order valence-corrected chi connectivity index (χ0v) is 11.2. The van der Waals surface area contributed by atoms with E-state index in [-0.39, 0.29) is 0 Å². The maximum atomic E-state index is 5.39. The van der Waals surface area contributed by atoms with Crippen LogP contribution in [-0.4, -0.2) is 17.0 Å². The van der Waals surface area contributed by atoms with Gasteiger partial charge < -0.3 is 14.8 Å². The summed E-state index contributed by atoms with van der Waals surface area (Å²) in [5, 5.41) is 12.6. The van der Waals surface area contributed by atoms with E-state index >= 15 is 0 Å². The van der Waals surface area contributed by atoms with Crippen molar-refractivity contribution in [1.29, 1.82) is 0 Å². The van der Waals surface area contributed by atoms with Gasteiger partial charge in [-0.15, -0.1) is 0 Å². The molecular formula is C16H13N3O2. The Morgan fingerprint density at radius 3 is 2.95 bits per heavy atom. The SMILES string of the molecule is c1ccc2c(NCc3ccc4c(c3)OCO4)cnnc2c1. The monoisotopic (exact) mass is 279 g/mol. The fourth-order valence-corrected chi connectivity index (χ4v) is 2.40. The number of rotatable bonds is 3. The lowest BCUT2D eigenvalue weighted by molar-refractivity contribution is 0.174. The van der Waals surface area contributed by atoms with E-state index in [4.69, 9.17) is 9.47 Å². The number of nitrogens with zero attached hydrogens (tertiary/aromatic N) is 2. The van der Waals surface area contributed by atoms with E-state index in [1.54, 1.807) is 6.20 Å². The molecule has 0 aliphatic carbocycles. The van der Waals surface area contributed by atoms with Gasteiger partial charge in [-0.3, -0.25) is 0 Å². The minimum absolute atomic E-state index is 0.297. The van der Waals surface area contributed by atoms with E-state index in [2.05, 4.69) is 15.5 Å². The first kappa shape index (κ1) is 12.0. The Labute approximate surface area is 121 Å². The first-order chi connectivity index (χ1) is 10.4. The van der Waals surface area contributed by atoms with Crippen LogP contribution in [0.25, 0.3) is 10.9 Å². The molecule has 1 aromatic heterocycles. The average Bonchev–Trinajstić information content (AvgIpc) is 3.00. The Hall–Kier alpha value is -2.82. The summed E-state index contributed by atoms with van der Waals surface area (Å²) in [6, 6.07) is 13.9. The van der Waals surface area contributed by atoms with E-state index in [0.29, 0.717) is 13.3 Å². The summed E-state index contributed by atoms with van der Waals surface area (Å²) in [6.45, 7) is 0.984. The van der Waals surface area contributed by atoms with Crippen molar-refractivity contribution in [1.82, 2.24) is 10.2 Å². The van der Waals surface area contributed by atoms with Crippen molar-refractivity contribution in [2.45, 2.75) is 6.54 Å². The zero-order chi connectivity index (χ0) is 14.1. The van der Waals surface area contributed by atoms with Crippen LogP contribution in [0.15, 0.2) is 48.7 Å². The molecule has 1 aliphatic rings. The molecule has 0 saturated carbocycles. The van der Waals surface area contributed by atoms with Crippen molar-refractivity contribution in [2.24, 2.45) is 0 Å². The molecule has 0 bridgehead atoms. The lowest BCUT2D eigenvalue weighted by atomic mass is 10.1. The maximum absolute atomic E-state index is 5.39. The first-order valence-electron chi connectivity index (χ1n) is 6.73. The summed E-state index contributed by atoms with van der Waals surface area (Å²) in [7, 11) is 0. The molecule has 2 aromatic carbocycles. The highest BCUT2D eigenvalue weighted by Crippen LogP contribution is 2.32. The molecule has 0 amide bonds. The third-order valence-electron chi connectivity index (χ3n) is 3.47. The van der Waals surface area contributed by atoms with Crippen LogP contribution in [0.2, 0.25) is 0 Å². The van der Waals surface area contributed by atoms with Gasteiger partial charge in [0, 0.05) is 11.9 Å². The summed E-state index contributed by atoms with van der Waals surface area (Å²) >= 11 is 0. The van der Waals surface area contributed by atoms with Crippen molar-refractivity contribution in [3.63, 3.8) is 0 Å². The second-order valence-corrected chi connectivity index (χ2v) is 4.82. The molecule has 1 aliphatic heterocycles. The van der Waals surface area contributed by atoms with Crippen molar-refractivity contribution in [3.05, 3.63) is 54.2 Å². The van der Waals surface area contributed by atoms with Gasteiger partial charge in [-0.25, -0.2) is 0 Å². The largest absolute Gasteiger partial charge is 0.454 e. The average molecular weight is 279 g/mol. The van der Waals surface area contributed by atoms with Crippen LogP contribution in [0.5, 0.6) is 11.5 Å². The zero-order valence-electron chi connectivity index (χ0n) is 11.2. The Morgan fingerprint density at radius 2 is 1.95 bits per heavy atom. The third-order valence-corrected chi connectivity index (χ3v) is 3.47. The van der Waals surface area contributed by atoms with E-state index in [0.717, 1.165) is 33.7 Å². The summed E-state index contributed by atoms with van der Waals surface area (Å²) in [5.41, 5.74) is 2.98. The van der Waals surface area contributed by atoms with Gasteiger partial charge >= 0.3 is 0 Å². The molecule has 5 heteroatoms. The Balaban J connectivity index is 1.58. The summed E-state index contributed by atoms with van der Waals surface area (Å²) in [4.78, 5) is 0. The van der Waals surface area contributed by atoms with Gasteiger partial charge in [0.15, 0.2) is 11.5 Å². The molecule has 0 unspecified atom stereocenters. The van der Waals surface area contributed by atoms with Crippen LogP contribution >= 0.6 is 0 Å². The molecule has 104 valence electrons. The van der Waals surface area contributed by atoms with E-state index < -0.39 is 0 Å². The van der Waals surface area contributed by atoms with Crippen molar-refractivity contribution < 1.29 is 9.47 Å². The molecule has 0 radical (unpaired) electrons. The van der Waals surface area contributed by atoms with Crippen molar-refractivity contribution >= 4 is 16.6 Å². The van der Waals surface area contributed by atoms with Gasteiger partial charge in [0.05, 0.1) is 17.4 Å². The molecule has 2 heterocycles. The second-order valence-electron chi connectivity index (χ2n) is 4.82. The fraction of sp³-hybridized carbons (Fsp3) is 0.125. The van der Waals surface area contributed by atoms with Crippen LogP contribution in [0.4, 0.5) is 5.69 Å². The predicted octanol–water partition coefficient (Wildman–Crippen LogP) is 2.97. The number of nitrogens with one attached hydrogen (secondary N) is 1. The Morgan fingerprint density at radius 1 is 1.05 bits per heavy atom. The summed E-state index contributed by atoms with van der Waals surface area (Å²) in [6.07, 6.45) is 1.75. The van der Waals surface area contributed by atoms with E-state index in [1.807, 2.05) is 42.5 Å². The smallest absolute Gasteiger partial charge is 0.231 e. The Bertz CT molecular complexity index is 799. The van der Waals surface area contributed by atoms with Crippen molar-refractivity contribution in [2.75, 3.05) is 12.1 Å². The highest BCUT2D eigenvalue weighted by Gasteiger charge is 2.13. The lowest BCUT2D eigenvalue weighted by Crippen LogP contribution is -2.01. The number of hydrogen-bond donors (Lipinski definition) is 1. The number of hydrogen-bond acceptors (Lipinski definition) is 5. The highest BCUT2D eigenvalue weighted by molar-refractivity contribution is 5.90. The maximum Gasteiger partial charge on any atom is 0.231 e. The van der Waals surface area contributed by atoms with Crippen molar-refractivity contribution in [3.8, 4) is 11.5 Å². The van der Waals surface area contributed by atoms with Gasteiger partial charge in [0.25, 0.3) is 0 Å². The fourth-order valence-electron chi connectivity index (χ4n) is 2.40. The topological polar surface area (TPSA) is 56.3 Å². The van der Waals surface area contributed by atoms with Crippen LogP contribution < -0.4 is 14.8 Å². The van der Waals surface area contributed by atoms with Crippen LogP contribution in [0.3, 0.4) is 0 Å². The summed E-state index contributed by atoms with van der Waals surface area (Å²) in [5.74, 6) is 1.60. The molecule has 0 spiro atoms. The number of fused-ring (bicyclic) bond motifs is 2. The molecule has 0 fully saturated rings. The van der Waals surface area contributed by atoms with Crippen LogP contribution in [0, 0.1) is 0 Å². The molecule has 1 N–H and O–H groups in total. The third kappa shape index (κ3) is 2.23. The first-order valence-corrected chi connectivity index (χ1v) is 6.73. The standard InChI is InChI=1S/C16H13N3O2/c1-2-4-13-12(3-1)14(9-18-19-13)17-8-11-5-6-15-16(7-11)21-10-20-15/h1-7,9H,8,10H2,(H,17,19).